The molecule has 0 aliphatic rings. The maximum Gasteiger partial charge on any atom is 0.0574 e. The highest BCUT2D eigenvalue weighted by atomic mass is 32.2. The molecule has 0 unspecified atom stereocenters. The van der Waals surface area contributed by atoms with Crippen LogP contribution in [0.2, 0.25) is 0 Å². The Labute approximate surface area is 115 Å². The second kappa shape index (κ2) is 5.37. The SMILES string of the molecule is O=[S@](Cc1ccc2ccccc2c1)c1ccccc1. The number of benzene rings is 3. The molecule has 0 radical (unpaired) electrons. The number of rotatable bonds is 3. The van der Waals surface area contributed by atoms with Crippen LogP contribution in [0.15, 0.2) is 77.7 Å². The Morgan fingerprint density at radius 3 is 2.21 bits per heavy atom. The van der Waals surface area contributed by atoms with Gasteiger partial charge in [-0.1, -0.05) is 60.7 Å². The van der Waals surface area contributed by atoms with E-state index < -0.39 is 10.8 Å². The molecule has 0 saturated heterocycles. The van der Waals surface area contributed by atoms with Gasteiger partial charge in [0.2, 0.25) is 0 Å². The summed E-state index contributed by atoms with van der Waals surface area (Å²) in [6.07, 6.45) is 0. The smallest absolute Gasteiger partial charge is 0.0574 e. The molecule has 0 amide bonds. The minimum absolute atomic E-state index is 0.564. The van der Waals surface area contributed by atoms with Gasteiger partial charge in [-0.05, 0) is 28.5 Å². The summed E-state index contributed by atoms with van der Waals surface area (Å²) in [6, 6.07) is 24.1. The van der Waals surface area contributed by atoms with Gasteiger partial charge in [0.1, 0.15) is 0 Å². The summed E-state index contributed by atoms with van der Waals surface area (Å²) in [5.74, 6) is 0.564. The van der Waals surface area contributed by atoms with Gasteiger partial charge in [0.15, 0.2) is 0 Å². The molecular weight excluding hydrogens is 252 g/mol. The van der Waals surface area contributed by atoms with Crippen LogP contribution in [0.4, 0.5) is 0 Å². The molecule has 0 aromatic heterocycles. The van der Waals surface area contributed by atoms with Crippen LogP contribution < -0.4 is 0 Å². The standard InChI is InChI=1S/C17H14OS/c18-19(17-8-2-1-3-9-17)13-14-10-11-15-6-4-5-7-16(15)12-14/h1-12H,13H2/t19-/m1/s1. The van der Waals surface area contributed by atoms with Crippen molar-refractivity contribution < 1.29 is 4.21 Å². The van der Waals surface area contributed by atoms with E-state index in [1.165, 1.54) is 10.8 Å². The second-order valence-electron chi connectivity index (χ2n) is 4.48. The second-order valence-corrected chi connectivity index (χ2v) is 5.94. The molecule has 19 heavy (non-hydrogen) atoms. The van der Waals surface area contributed by atoms with Crippen LogP contribution in [0.1, 0.15) is 5.56 Å². The Morgan fingerprint density at radius 2 is 1.42 bits per heavy atom. The average Bonchev–Trinajstić information content (AvgIpc) is 2.48. The van der Waals surface area contributed by atoms with Crippen LogP contribution in [0.3, 0.4) is 0 Å². The summed E-state index contributed by atoms with van der Waals surface area (Å²) in [5.41, 5.74) is 1.11. The molecule has 0 fully saturated rings. The van der Waals surface area contributed by atoms with Crippen molar-refractivity contribution in [1.29, 1.82) is 0 Å². The van der Waals surface area contributed by atoms with Crippen LogP contribution in [0.25, 0.3) is 10.8 Å². The molecule has 0 heterocycles. The zero-order valence-electron chi connectivity index (χ0n) is 10.5. The van der Waals surface area contributed by atoms with Gasteiger partial charge >= 0.3 is 0 Å². The molecule has 0 spiro atoms. The first-order valence-corrected chi connectivity index (χ1v) is 7.56. The maximum absolute atomic E-state index is 12.3. The molecule has 0 aliphatic carbocycles. The third-order valence-electron chi connectivity index (χ3n) is 3.12. The highest BCUT2D eigenvalue weighted by Crippen LogP contribution is 2.18. The normalized spacial score (nSPS) is 12.4. The summed E-state index contributed by atoms with van der Waals surface area (Å²) in [5, 5.41) is 2.42. The molecule has 0 N–H and O–H groups in total. The van der Waals surface area contributed by atoms with Gasteiger partial charge in [-0.25, -0.2) is 0 Å². The zero-order chi connectivity index (χ0) is 13.1. The summed E-state index contributed by atoms with van der Waals surface area (Å²) in [7, 11) is -0.977. The number of hydrogen-bond acceptors (Lipinski definition) is 1. The van der Waals surface area contributed by atoms with Crippen LogP contribution in [-0.4, -0.2) is 4.21 Å². The van der Waals surface area contributed by atoms with Crippen molar-refractivity contribution in [3.63, 3.8) is 0 Å². The molecule has 1 atom stereocenters. The van der Waals surface area contributed by atoms with E-state index >= 15 is 0 Å². The van der Waals surface area contributed by atoms with Crippen molar-refractivity contribution in [2.75, 3.05) is 0 Å². The van der Waals surface area contributed by atoms with Crippen molar-refractivity contribution in [2.45, 2.75) is 10.6 Å². The van der Waals surface area contributed by atoms with E-state index in [9.17, 15) is 4.21 Å². The van der Waals surface area contributed by atoms with E-state index in [2.05, 4.69) is 30.3 Å². The van der Waals surface area contributed by atoms with E-state index in [1.54, 1.807) is 0 Å². The minimum atomic E-state index is -0.977. The largest absolute Gasteiger partial charge is 0.254 e. The molecular formula is C17H14OS. The van der Waals surface area contributed by atoms with E-state index in [-0.39, 0.29) is 0 Å². The molecule has 3 aromatic carbocycles. The van der Waals surface area contributed by atoms with Gasteiger partial charge in [-0.3, -0.25) is 4.21 Å². The van der Waals surface area contributed by atoms with E-state index in [0.717, 1.165) is 10.5 Å². The summed E-state index contributed by atoms with van der Waals surface area (Å²) >= 11 is 0. The van der Waals surface area contributed by atoms with Crippen molar-refractivity contribution in [1.82, 2.24) is 0 Å². The maximum atomic E-state index is 12.3. The fraction of sp³-hybridized carbons (Fsp3) is 0.0588. The Hall–Kier alpha value is -1.93. The highest BCUT2D eigenvalue weighted by molar-refractivity contribution is 7.84. The molecule has 2 heteroatoms. The lowest BCUT2D eigenvalue weighted by molar-refractivity contribution is 0.682. The lowest BCUT2D eigenvalue weighted by Gasteiger charge is -2.04. The molecule has 0 saturated carbocycles. The van der Waals surface area contributed by atoms with Gasteiger partial charge in [0.05, 0.1) is 16.6 Å². The average molecular weight is 266 g/mol. The van der Waals surface area contributed by atoms with Crippen LogP contribution in [0, 0.1) is 0 Å². The van der Waals surface area contributed by atoms with Gasteiger partial charge in [0, 0.05) is 4.90 Å². The predicted octanol–water partition coefficient (Wildman–Crippen LogP) is 4.15. The molecule has 0 bridgehead atoms. The van der Waals surface area contributed by atoms with Crippen LogP contribution >= 0.6 is 0 Å². The van der Waals surface area contributed by atoms with Gasteiger partial charge < -0.3 is 0 Å². The summed E-state index contributed by atoms with van der Waals surface area (Å²) in [4.78, 5) is 0.885. The first-order valence-electron chi connectivity index (χ1n) is 6.24. The summed E-state index contributed by atoms with van der Waals surface area (Å²) in [6.45, 7) is 0. The fourth-order valence-electron chi connectivity index (χ4n) is 2.14. The molecule has 94 valence electrons. The van der Waals surface area contributed by atoms with Gasteiger partial charge in [-0.2, -0.15) is 0 Å². The van der Waals surface area contributed by atoms with Crippen molar-refractivity contribution in [3.8, 4) is 0 Å². The quantitative estimate of drug-likeness (QED) is 0.696. The van der Waals surface area contributed by atoms with E-state index in [0.29, 0.717) is 5.75 Å². The van der Waals surface area contributed by atoms with E-state index in [4.69, 9.17) is 0 Å². The first-order chi connectivity index (χ1) is 9.33. The highest BCUT2D eigenvalue weighted by Gasteiger charge is 2.05. The minimum Gasteiger partial charge on any atom is -0.254 e. The van der Waals surface area contributed by atoms with Crippen LogP contribution in [-0.2, 0) is 16.6 Å². The first kappa shape index (κ1) is 12.1. The predicted molar refractivity (Wildman–Crippen MR) is 80.5 cm³/mol. The Bertz CT molecular complexity index is 719. The third-order valence-corrected chi connectivity index (χ3v) is 4.51. The van der Waals surface area contributed by atoms with Crippen molar-refractivity contribution in [2.24, 2.45) is 0 Å². The van der Waals surface area contributed by atoms with Crippen LogP contribution in [0.5, 0.6) is 0 Å². The Kier molecular flexibility index (Phi) is 3.43. The lowest BCUT2D eigenvalue weighted by atomic mass is 10.1. The Balaban J connectivity index is 1.87. The topological polar surface area (TPSA) is 17.1 Å². The van der Waals surface area contributed by atoms with Gasteiger partial charge in [0.25, 0.3) is 0 Å². The Morgan fingerprint density at radius 1 is 0.737 bits per heavy atom. The van der Waals surface area contributed by atoms with Gasteiger partial charge in [-0.15, -0.1) is 0 Å². The molecule has 0 aliphatic heterocycles. The van der Waals surface area contributed by atoms with E-state index in [1.807, 2.05) is 42.5 Å². The number of fused-ring (bicyclic) bond motifs is 1. The molecule has 3 rings (SSSR count). The molecule has 1 nitrogen and oxygen atoms in total. The third kappa shape index (κ3) is 2.74. The van der Waals surface area contributed by atoms with Crippen molar-refractivity contribution in [3.05, 3.63) is 78.4 Å². The lowest BCUT2D eigenvalue weighted by Crippen LogP contribution is -1.96. The number of hydrogen-bond donors (Lipinski definition) is 0. The monoisotopic (exact) mass is 266 g/mol. The zero-order valence-corrected chi connectivity index (χ0v) is 11.3. The molecule has 3 aromatic rings. The fourth-order valence-corrected chi connectivity index (χ4v) is 3.25. The van der Waals surface area contributed by atoms with Crippen molar-refractivity contribution >= 4 is 21.6 Å². The summed E-state index contributed by atoms with van der Waals surface area (Å²) < 4.78 is 12.3.